The molecule has 1 aliphatic carbocycles. The van der Waals surface area contributed by atoms with E-state index in [9.17, 15) is 14.4 Å². The van der Waals surface area contributed by atoms with Crippen molar-refractivity contribution in [3.05, 3.63) is 29.3 Å². The van der Waals surface area contributed by atoms with Crippen LogP contribution in [-0.2, 0) is 19.1 Å². The maximum atomic E-state index is 11.9. The lowest BCUT2D eigenvalue weighted by Crippen LogP contribution is -2.35. The Balaban J connectivity index is 2.06. The third-order valence-electron chi connectivity index (χ3n) is 2.70. The smallest absolute Gasteiger partial charge is 0.333 e. The zero-order valence-corrected chi connectivity index (χ0v) is 11.6. The van der Waals surface area contributed by atoms with Crippen molar-refractivity contribution in [3.8, 4) is 5.75 Å². The van der Waals surface area contributed by atoms with Crippen LogP contribution in [0.1, 0.15) is 19.8 Å². The highest BCUT2D eigenvalue weighted by Gasteiger charge is 2.38. The molecule has 1 saturated carbocycles. The van der Waals surface area contributed by atoms with E-state index in [2.05, 4.69) is 0 Å². The van der Waals surface area contributed by atoms with Gasteiger partial charge in [-0.3, -0.25) is 14.4 Å². The number of halogens is 1. The van der Waals surface area contributed by atoms with Gasteiger partial charge in [0.2, 0.25) is 5.92 Å². The molecule has 1 aliphatic rings. The van der Waals surface area contributed by atoms with Crippen LogP contribution in [0.15, 0.2) is 24.3 Å². The van der Waals surface area contributed by atoms with Crippen LogP contribution in [0, 0.1) is 5.92 Å². The number of esters is 2. The van der Waals surface area contributed by atoms with Crippen molar-refractivity contribution in [2.24, 2.45) is 5.92 Å². The van der Waals surface area contributed by atoms with Gasteiger partial charge in [0.15, 0.2) is 5.78 Å². The summed E-state index contributed by atoms with van der Waals surface area (Å²) in [6.07, 6.45) is 1.35. The van der Waals surface area contributed by atoms with Gasteiger partial charge in [-0.15, -0.1) is 0 Å². The molecule has 5 nitrogen and oxygen atoms in total. The minimum atomic E-state index is -1.55. The molecule has 0 aromatic heterocycles. The van der Waals surface area contributed by atoms with Crippen LogP contribution in [0.5, 0.6) is 5.75 Å². The van der Waals surface area contributed by atoms with E-state index in [-0.39, 0.29) is 11.9 Å². The van der Waals surface area contributed by atoms with Crippen molar-refractivity contribution in [2.45, 2.75) is 25.9 Å². The van der Waals surface area contributed by atoms with Gasteiger partial charge in [-0.05, 0) is 38.0 Å². The van der Waals surface area contributed by atoms with Crippen molar-refractivity contribution in [2.75, 3.05) is 0 Å². The summed E-state index contributed by atoms with van der Waals surface area (Å²) in [7, 11) is 0. The molecule has 106 valence electrons. The number of ketones is 1. The zero-order chi connectivity index (χ0) is 14.7. The van der Waals surface area contributed by atoms with E-state index in [1.54, 1.807) is 12.1 Å². The Kier molecular flexibility index (Phi) is 4.39. The lowest BCUT2D eigenvalue weighted by Gasteiger charge is -2.12. The van der Waals surface area contributed by atoms with Crippen molar-refractivity contribution in [1.29, 1.82) is 0 Å². The summed E-state index contributed by atoms with van der Waals surface area (Å²) in [6, 6.07) is 6.13. The van der Waals surface area contributed by atoms with Crippen LogP contribution in [0.2, 0.25) is 5.02 Å². The van der Waals surface area contributed by atoms with Crippen LogP contribution in [0.4, 0.5) is 0 Å². The summed E-state index contributed by atoms with van der Waals surface area (Å²) in [5.74, 6) is -3.79. The molecular formula is C14H13ClO5. The Morgan fingerprint density at radius 2 is 1.95 bits per heavy atom. The van der Waals surface area contributed by atoms with Gasteiger partial charge in [-0.25, -0.2) is 0 Å². The summed E-state index contributed by atoms with van der Waals surface area (Å²) < 4.78 is 9.98. The van der Waals surface area contributed by atoms with Gasteiger partial charge in [-0.1, -0.05) is 17.7 Å². The molecule has 0 saturated heterocycles. The maximum Gasteiger partial charge on any atom is 0.333 e. The second-order valence-electron chi connectivity index (χ2n) is 4.56. The molecule has 1 unspecified atom stereocenters. The van der Waals surface area contributed by atoms with Gasteiger partial charge >= 0.3 is 11.9 Å². The van der Waals surface area contributed by atoms with E-state index in [0.29, 0.717) is 5.02 Å². The normalized spacial score (nSPS) is 15.3. The number of hydrogen-bond donors (Lipinski definition) is 0. The lowest BCUT2D eigenvalue weighted by molar-refractivity contribution is -0.160. The van der Waals surface area contributed by atoms with Crippen LogP contribution in [-0.4, -0.2) is 23.8 Å². The van der Waals surface area contributed by atoms with Gasteiger partial charge < -0.3 is 9.47 Å². The lowest BCUT2D eigenvalue weighted by atomic mass is 10.1. The van der Waals surface area contributed by atoms with Gasteiger partial charge in [0.1, 0.15) is 11.9 Å². The van der Waals surface area contributed by atoms with Crippen molar-refractivity contribution in [1.82, 2.24) is 0 Å². The highest BCUT2D eigenvalue weighted by atomic mass is 35.5. The second-order valence-corrected chi connectivity index (χ2v) is 4.99. The molecule has 20 heavy (non-hydrogen) atoms. The van der Waals surface area contributed by atoms with E-state index in [0.717, 1.165) is 19.8 Å². The van der Waals surface area contributed by atoms with Gasteiger partial charge in [0.25, 0.3) is 0 Å². The molecule has 0 N–H and O–H groups in total. The standard InChI is InChI=1S/C14H13ClO5/c1-8(16)12(13(17)19-10-5-6-10)14(18)20-11-4-2-3-9(15)7-11/h2-4,7,10,12H,5-6H2,1H3. The fourth-order valence-corrected chi connectivity index (χ4v) is 1.73. The Bertz CT molecular complexity index is 550. The average molecular weight is 297 g/mol. The first-order valence-electron chi connectivity index (χ1n) is 6.15. The summed E-state index contributed by atoms with van der Waals surface area (Å²) >= 11 is 5.76. The Morgan fingerprint density at radius 1 is 1.25 bits per heavy atom. The monoisotopic (exact) mass is 296 g/mol. The predicted molar refractivity (Wildman–Crippen MR) is 70.4 cm³/mol. The molecule has 0 heterocycles. The number of carbonyl (C=O) groups is 3. The third kappa shape index (κ3) is 3.81. The average Bonchev–Trinajstić information content (AvgIpc) is 3.12. The molecule has 0 bridgehead atoms. The van der Waals surface area contributed by atoms with Crippen molar-refractivity contribution >= 4 is 29.3 Å². The Labute approximate surface area is 120 Å². The Hall–Kier alpha value is -1.88. The van der Waals surface area contributed by atoms with E-state index < -0.39 is 23.6 Å². The molecule has 0 amide bonds. The summed E-state index contributed by atoms with van der Waals surface area (Å²) in [4.78, 5) is 35.1. The highest BCUT2D eigenvalue weighted by Crippen LogP contribution is 2.25. The molecule has 0 spiro atoms. The summed E-state index contributed by atoms with van der Waals surface area (Å²) in [6.45, 7) is 1.15. The van der Waals surface area contributed by atoms with E-state index >= 15 is 0 Å². The quantitative estimate of drug-likeness (QED) is 0.473. The van der Waals surface area contributed by atoms with Crippen LogP contribution in [0.3, 0.4) is 0 Å². The number of ether oxygens (including phenoxy) is 2. The molecule has 1 aromatic rings. The minimum Gasteiger partial charge on any atom is -0.461 e. The number of benzene rings is 1. The fourth-order valence-electron chi connectivity index (χ4n) is 1.55. The number of rotatable bonds is 5. The number of carbonyl (C=O) groups excluding carboxylic acids is 3. The van der Waals surface area contributed by atoms with Gasteiger partial charge in [0, 0.05) is 5.02 Å². The first-order chi connectivity index (χ1) is 9.47. The molecular weight excluding hydrogens is 284 g/mol. The molecule has 6 heteroatoms. The zero-order valence-electron chi connectivity index (χ0n) is 10.8. The SMILES string of the molecule is CC(=O)C(C(=O)Oc1cccc(Cl)c1)C(=O)OC1CC1. The van der Waals surface area contributed by atoms with E-state index in [1.807, 2.05) is 0 Å². The largest absolute Gasteiger partial charge is 0.461 e. The summed E-state index contributed by atoms with van der Waals surface area (Å²) in [5, 5.41) is 0.384. The topological polar surface area (TPSA) is 69.7 Å². The number of Topliss-reactive ketones (excluding diaryl/α,β-unsaturated/α-hetero) is 1. The molecule has 1 atom stereocenters. The van der Waals surface area contributed by atoms with Crippen LogP contribution < -0.4 is 4.74 Å². The van der Waals surface area contributed by atoms with Crippen molar-refractivity contribution < 1.29 is 23.9 Å². The number of hydrogen-bond acceptors (Lipinski definition) is 5. The molecule has 0 radical (unpaired) electrons. The second kappa shape index (κ2) is 6.05. The predicted octanol–water partition coefficient (Wildman–Crippen LogP) is 2.16. The maximum absolute atomic E-state index is 11.9. The highest BCUT2D eigenvalue weighted by molar-refractivity contribution is 6.30. The third-order valence-corrected chi connectivity index (χ3v) is 2.93. The minimum absolute atomic E-state index is 0.174. The van der Waals surface area contributed by atoms with Gasteiger partial charge in [0.05, 0.1) is 0 Å². The molecule has 1 aromatic carbocycles. The van der Waals surface area contributed by atoms with Crippen molar-refractivity contribution in [3.63, 3.8) is 0 Å². The molecule has 0 aliphatic heterocycles. The summed E-state index contributed by atoms with van der Waals surface area (Å²) in [5.41, 5.74) is 0. The van der Waals surface area contributed by atoms with E-state index in [4.69, 9.17) is 21.1 Å². The fraction of sp³-hybridized carbons (Fsp3) is 0.357. The van der Waals surface area contributed by atoms with Crippen LogP contribution >= 0.6 is 11.6 Å². The Morgan fingerprint density at radius 3 is 2.50 bits per heavy atom. The first-order valence-corrected chi connectivity index (χ1v) is 6.53. The molecule has 2 rings (SSSR count). The van der Waals surface area contributed by atoms with Gasteiger partial charge in [-0.2, -0.15) is 0 Å². The van der Waals surface area contributed by atoms with Crippen LogP contribution in [0.25, 0.3) is 0 Å². The van der Waals surface area contributed by atoms with E-state index in [1.165, 1.54) is 12.1 Å². The first kappa shape index (κ1) is 14.5. The molecule has 1 fully saturated rings.